The maximum Gasteiger partial charge on any atom is 0.238 e. The van der Waals surface area contributed by atoms with Gasteiger partial charge in [-0.3, -0.25) is 0 Å². The minimum atomic E-state index is -4.05. The zero-order valence-corrected chi connectivity index (χ0v) is 27.8. The van der Waals surface area contributed by atoms with E-state index in [1.807, 2.05) is 30.3 Å². The molecule has 3 N–H and O–H groups in total. The Bertz CT molecular complexity index is 1300. The number of hydrogen-bond donors (Lipinski definition) is 2. The molecule has 0 aliphatic heterocycles. The summed E-state index contributed by atoms with van der Waals surface area (Å²) in [5, 5.41) is 8.92. The smallest absolute Gasteiger partial charge is 0.238 e. The van der Waals surface area contributed by atoms with Crippen LogP contribution < -0.4 is 10.5 Å². The number of nitrogens with one attached hydrogen (secondary N) is 1. The summed E-state index contributed by atoms with van der Waals surface area (Å²) in [6.07, 6.45) is 1.80. The standard InChI is InChI=1S/C27H45N3O5S3Si/c1-21(36-22-12-10-9-11-13-22)24(16-17-30(5)18-19-35-39(7,8)27(2,3)4)29-25-15-14-23(38(28,33)34)20-26(25)37(6,31)32/h9-15,20-21,24,29H,16-19H2,1-8H3,(H2,28,33,34)/t21?,24-/m1/s1. The molecule has 0 saturated carbocycles. The van der Waals surface area contributed by atoms with E-state index in [1.165, 1.54) is 12.1 Å². The molecule has 0 radical (unpaired) electrons. The van der Waals surface area contributed by atoms with Crippen LogP contribution in [0.3, 0.4) is 0 Å². The van der Waals surface area contributed by atoms with Crippen molar-refractivity contribution in [2.24, 2.45) is 5.14 Å². The predicted molar refractivity (Wildman–Crippen MR) is 165 cm³/mol. The van der Waals surface area contributed by atoms with E-state index in [-0.39, 0.29) is 26.1 Å². The van der Waals surface area contributed by atoms with E-state index in [0.29, 0.717) is 12.3 Å². The molecule has 2 atom stereocenters. The van der Waals surface area contributed by atoms with E-state index in [0.717, 1.165) is 36.7 Å². The van der Waals surface area contributed by atoms with Gasteiger partial charge in [-0.2, -0.15) is 0 Å². The van der Waals surface area contributed by atoms with E-state index in [1.54, 1.807) is 11.8 Å². The molecular formula is C27H45N3O5S3Si. The highest BCUT2D eigenvalue weighted by Gasteiger charge is 2.37. The van der Waals surface area contributed by atoms with Crippen LogP contribution in [0.25, 0.3) is 0 Å². The first kappa shape index (κ1) is 33.8. The monoisotopic (exact) mass is 615 g/mol. The Balaban J connectivity index is 2.24. The van der Waals surface area contributed by atoms with E-state index < -0.39 is 28.2 Å². The molecule has 0 saturated heterocycles. The zero-order chi connectivity index (χ0) is 29.6. The van der Waals surface area contributed by atoms with Gasteiger partial charge in [-0.1, -0.05) is 45.9 Å². The number of benzene rings is 2. The number of nitrogens with two attached hydrogens (primary N) is 1. The van der Waals surface area contributed by atoms with Crippen molar-refractivity contribution in [1.82, 2.24) is 4.90 Å². The number of rotatable bonds is 14. The summed E-state index contributed by atoms with van der Waals surface area (Å²) in [6, 6.07) is 13.9. The fourth-order valence-electron chi connectivity index (χ4n) is 3.67. The van der Waals surface area contributed by atoms with E-state index in [9.17, 15) is 16.8 Å². The highest BCUT2D eigenvalue weighted by molar-refractivity contribution is 8.00. The van der Waals surface area contributed by atoms with Crippen molar-refractivity contribution < 1.29 is 21.3 Å². The highest BCUT2D eigenvalue weighted by Crippen LogP contribution is 2.36. The third kappa shape index (κ3) is 10.5. The molecule has 0 fully saturated rings. The molecule has 0 aliphatic rings. The second kappa shape index (κ2) is 13.5. The molecule has 2 aromatic rings. The molecule has 220 valence electrons. The molecule has 0 amide bonds. The van der Waals surface area contributed by atoms with Crippen LogP contribution in [-0.4, -0.2) is 74.3 Å². The average Bonchev–Trinajstić information content (AvgIpc) is 2.80. The van der Waals surface area contributed by atoms with Crippen LogP contribution in [0.1, 0.15) is 34.1 Å². The molecular weight excluding hydrogens is 571 g/mol. The van der Waals surface area contributed by atoms with Gasteiger partial charge in [-0.05, 0) is 68.5 Å². The Morgan fingerprint density at radius 2 is 1.67 bits per heavy atom. The SMILES string of the molecule is CC(Sc1ccccc1)[C@@H](CCN(C)CCO[Si](C)(C)C(C)(C)C)Nc1ccc(S(N)(=O)=O)cc1S(C)(=O)=O. The van der Waals surface area contributed by atoms with Crippen molar-refractivity contribution in [2.45, 2.75) is 78.2 Å². The number of likely N-dealkylation sites (N-methyl/N-ethyl adjacent to an activating group) is 1. The van der Waals surface area contributed by atoms with Gasteiger partial charge in [0, 0.05) is 35.6 Å². The maximum absolute atomic E-state index is 12.6. The Morgan fingerprint density at radius 1 is 1.05 bits per heavy atom. The molecule has 8 nitrogen and oxygen atoms in total. The summed E-state index contributed by atoms with van der Waals surface area (Å²) in [6.45, 7) is 15.5. The fourth-order valence-corrected chi connectivity index (χ4v) is 7.30. The Kier molecular flexibility index (Phi) is 11.7. The van der Waals surface area contributed by atoms with Crippen molar-refractivity contribution in [2.75, 3.05) is 38.3 Å². The van der Waals surface area contributed by atoms with Gasteiger partial charge in [-0.25, -0.2) is 22.0 Å². The number of nitrogens with zero attached hydrogens (tertiary/aromatic N) is 1. The van der Waals surface area contributed by atoms with Gasteiger partial charge in [0.1, 0.15) is 0 Å². The number of sulfonamides is 1. The molecule has 2 aromatic carbocycles. The van der Waals surface area contributed by atoms with Crippen LogP contribution in [0.5, 0.6) is 0 Å². The third-order valence-electron chi connectivity index (χ3n) is 7.22. The van der Waals surface area contributed by atoms with Crippen molar-refractivity contribution in [3.63, 3.8) is 0 Å². The summed E-state index contributed by atoms with van der Waals surface area (Å²) < 4.78 is 55.3. The molecule has 2 rings (SSSR count). The molecule has 0 aliphatic carbocycles. The topological polar surface area (TPSA) is 119 Å². The van der Waals surface area contributed by atoms with Gasteiger partial charge >= 0.3 is 0 Å². The largest absolute Gasteiger partial charge is 0.416 e. The van der Waals surface area contributed by atoms with Crippen LogP contribution in [0, 0.1) is 0 Å². The Labute approximate surface area is 241 Å². The zero-order valence-electron chi connectivity index (χ0n) is 24.4. The third-order valence-corrected chi connectivity index (χ3v) is 15.0. The molecule has 0 bridgehead atoms. The fraction of sp³-hybridized carbons (Fsp3) is 0.556. The van der Waals surface area contributed by atoms with Crippen molar-refractivity contribution in [1.29, 1.82) is 0 Å². The summed E-state index contributed by atoms with van der Waals surface area (Å²) in [7, 11) is -7.54. The molecule has 0 aromatic heterocycles. The average molecular weight is 616 g/mol. The van der Waals surface area contributed by atoms with Crippen molar-refractivity contribution >= 4 is 45.6 Å². The lowest BCUT2D eigenvalue weighted by Gasteiger charge is -2.36. The molecule has 39 heavy (non-hydrogen) atoms. The van der Waals surface area contributed by atoms with Gasteiger partial charge in [0.05, 0.1) is 15.5 Å². The lowest BCUT2D eigenvalue weighted by molar-refractivity contribution is 0.219. The summed E-state index contributed by atoms with van der Waals surface area (Å²) >= 11 is 1.70. The Hall–Kier alpha value is -1.41. The second-order valence-corrected chi connectivity index (χ2v) is 21.4. The maximum atomic E-state index is 12.6. The van der Waals surface area contributed by atoms with E-state index in [4.69, 9.17) is 9.56 Å². The molecule has 12 heteroatoms. The summed E-state index contributed by atoms with van der Waals surface area (Å²) in [4.78, 5) is 3.01. The van der Waals surface area contributed by atoms with Crippen molar-refractivity contribution in [3.8, 4) is 0 Å². The number of sulfone groups is 1. The minimum absolute atomic E-state index is 0.0783. The molecule has 0 heterocycles. The second-order valence-electron chi connectivity index (χ2n) is 11.6. The number of hydrogen-bond acceptors (Lipinski definition) is 8. The van der Waals surface area contributed by atoms with Crippen LogP contribution in [0.15, 0.2) is 63.2 Å². The lowest BCUT2D eigenvalue weighted by Crippen LogP contribution is -2.42. The summed E-state index contributed by atoms with van der Waals surface area (Å²) in [5.41, 5.74) is 0.360. The number of anilines is 1. The lowest BCUT2D eigenvalue weighted by atomic mass is 10.1. The van der Waals surface area contributed by atoms with Crippen molar-refractivity contribution in [3.05, 3.63) is 48.5 Å². The first-order valence-electron chi connectivity index (χ1n) is 13.0. The van der Waals surface area contributed by atoms with Gasteiger partial charge in [0.2, 0.25) is 10.0 Å². The highest BCUT2D eigenvalue weighted by atomic mass is 32.2. The first-order chi connectivity index (χ1) is 17.8. The first-order valence-corrected chi connectivity index (χ1v) is 20.2. The van der Waals surface area contributed by atoms with Gasteiger partial charge in [0.15, 0.2) is 18.2 Å². The molecule has 0 spiro atoms. The minimum Gasteiger partial charge on any atom is -0.416 e. The van der Waals surface area contributed by atoms with Gasteiger partial charge < -0.3 is 14.6 Å². The molecule has 1 unspecified atom stereocenters. The Morgan fingerprint density at radius 3 is 2.21 bits per heavy atom. The van der Waals surface area contributed by atoms with E-state index in [2.05, 4.69) is 58.1 Å². The van der Waals surface area contributed by atoms with Crippen LogP contribution in [0.2, 0.25) is 18.1 Å². The van der Waals surface area contributed by atoms with Gasteiger partial charge in [0.25, 0.3) is 0 Å². The number of primary sulfonamides is 1. The van der Waals surface area contributed by atoms with Crippen LogP contribution in [0.4, 0.5) is 5.69 Å². The normalized spacial score (nSPS) is 14.8. The predicted octanol–water partition coefficient (Wildman–Crippen LogP) is 5.04. The number of thioether (sulfide) groups is 1. The van der Waals surface area contributed by atoms with E-state index >= 15 is 0 Å². The van der Waals surface area contributed by atoms with Gasteiger partial charge in [-0.15, -0.1) is 11.8 Å². The summed E-state index contributed by atoms with van der Waals surface area (Å²) in [5.74, 6) is 0. The van der Waals surface area contributed by atoms with Crippen LogP contribution >= 0.6 is 11.8 Å². The van der Waals surface area contributed by atoms with Crippen LogP contribution in [-0.2, 0) is 24.3 Å². The quantitative estimate of drug-likeness (QED) is 0.224.